The summed E-state index contributed by atoms with van der Waals surface area (Å²) >= 11 is 0. The van der Waals surface area contributed by atoms with Crippen LogP contribution >= 0.6 is 7.82 Å². The fourth-order valence-electron chi connectivity index (χ4n) is 0. The molecule has 0 aromatic heterocycles. The minimum absolute atomic E-state index is 0. The van der Waals surface area contributed by atoms with Gasteiger partial charge in [0.15, 0.2) is 0 Å². The van der Waals surface area contributed by atoms with Gasteiger partial charge >= 0.3 is 165 Å². The van der Waals surface area contributed by atoms with Gasteiger partial charge in [0.2, 0.25) is 0 Å². The summed E-state index contributed by atoms with van der Waals surface area (Å²) in [6.07, 6.45) is -1.23. The van der Waals surface area contributed by atoms with Crippen molar-refractivity contribution in [1.29, 1.82) is 0 Å². The van der Waals surface area contributed by atoms with E-state index in [-0.39, 0.29) is 151 Å². The van der Waals surface area contributed by atoms with Gasteiger partial charge in [-0.1, -0.05) is 0 Å². The van der Waals surface area contributed by atoms with E-state index < -0.39 is 19.9 Å². The van der Waals surface area contributed by atoms with Crippen LogP contribution in [0.5, 0.6) is 0 Å². The molecule has 0 aliphatic rings. The van der Waals surface area contributed by atoms with Crippen LogP contribution < -0.4 is 0 Å². The summed E-state index contributed by atoms with van der Waals surface area (Å²) in [5.41, 5.74) is 0. The Morgan fingerprint density at radius 2 is 1.13 bits per heavy atom. The van der Waals surface area contributed by atoms with E-state index in [4.69, 9.17) is 29.5 Å². The molecule has 0 radical (unpaired) electrons. The van der Waals surface area contributed by atoms with E-state index in [0.29, 0.717) is 0 Å². The number of carbonyl (C=O) groups is 1. The second-order valence-corrected chi connectivity index (χ2v) is 2.55. The molecule has 12 heteroatoms. The molecule has 0 fully saturated rings. The van der Waals surface area contributed by atoms with Crippen LogP contribution in [0.15, 0.2) is 0 Å². The van der Waals surface area contributed by atoms with Gasteiger partial charge in [0.05, 0.1) is 0 Å². The Balaban J connectivity index is -0.0000000215. The molecule has 0 bridgehead atoms. The number of carboxylic acids is 1. The van der Waals surface area contributed by atoms with Crippen LogP contribution in [0.2, 0.25) is 0 Å². The Morgan fingerprint density at radius 1 is 1.07 bits per heavy atom. The van der Waals surface area contributed by atoms with Gasteiger partial charge in [-0.2, -0.15) is 0 Å². The molecular formula is C3H17Ca4O7P. The van der Waals surface area contributed by atoms with Crippen LogP contribution in [0.4, 0.5) is 0 Å². The Labute approximate surface area is 207 Å². The average Bonchev–Trinajstić information content (AvgIpc) is 1.59. The third-order valence-electron chi connectivity index (χ3n) is 0.357. The van der Waals surface area contributed by atoms with Crippen molar-refractivity contribution in [3.05, 3.63) is 0 Å². The van der Waals surface area contributed by atoms with Gasteiger partial charge in [-0.25, -0.2) is 9.36 Å². The van der Waals surface area contributed by atoms with E-state index in [2.05, 4.69) is 0 Å². The van der Waals surface area contributed by atoms with Crippen molar-refractivity contribution in [2.45, 2.75) is 13.0 Å². The summed E-state index contributed by atoms with van der Waals surface area (Å²) in [6.45, 7) is 1.20. The molecule has 0 aliphatic heterocycles. The van der Waals surface area contributed by atoms with Crippen LogP contribution in [0, 0.1) is 0 Å². The number of carboxylic acid groups (broad SMARTS) is 1. The quantitative estimate of drug-likeness (QED) is 0.234. The van der Waals surface area contributed by atoms with E-state index in [1.807, 2.05) is 0 Å². The van der Waals surface area contributed by atoms with Gasteiger partial charge in [-0.3, -0.25) is 0 Å². The molecule has 0 aromatic carbocycles. The van der Waals surface area contributed by atoms with Gasteiger partial charge in [-0.15, -0.1) is 0 Å². The monoisotopic (exact) mass is 356 g/mol. The first-order chi connectivity index (χ1) is 4.64. The first kappa shape index (κ1) is 36.7. The van der Waals surface area contributed by atoms with Crippen LogP contribution in [0.25, 0.3) is 0 Å². The van der Waals surface area contributed by atoms with Crippen LogP contribution in [0.3, 0.4) is 0 Å². The Hall–Kier alpha value is 4.58. The summed E-state index contributed by atoms with van der Waals surface area (Å²) in [4.78, 5) is 31.0. The molecule has 0 saturated heterocycles. The van der Waals surface area contributed by atoms with Crippen molar-refractivity contribution in [2.24, 2.45) is 0 Å². The number of aliphatic carboxylic acids is 1. The Morgan fingerprint density at radius 3 is 1.13 bits per heavy atom. The third-order valence-corrected chi connectivity index (χ3v) is 0.357. The number of hydrogen-bond donors (Lipinski definition) is 5. The SMILES string of the molecule is CC(O)C(=O)O.O=P(O)(O)O.[CaH2].[CaH2].[CaH2].[CaH2]. The topological polar surface area (TPSA) is 135 Å². The first-order valence-electron chi connectivity index (χ1n) is 2.33. The predicted molar refractivity (Wildman–Crippen MR) is 67.8 cm³/mol. The molecule has 0 rings (SSSR count). The van der Waals surface area contributed by atoms with E-state index in [1.165, 1.54) is 6.92 Å². The maximum atomic E-state index is 9.45. The zero-order valence-corrected chi connectivity index (χ0v) is 6.47. The van der Waals surface area contributed by atoms with E-state index in [0.717, 1.165) is 0 Å². The minimum atomic E-state index is -4.64. The molecule has 5 N–H and O–H groups in total. The standard InChI is InChI=1S/C3H6O3.4Ca.H3O4P.8H/c1-2(4)3(5)6;;;;;1-5(2,3)4;;;;;;;;/h2,4H,1H3,(H,5,6);;;;;(H3,1,2,3,4);;;;;;;;. The molecule has 1 atom stereocenters. The summed E-state index contributed by atoms with van der Waals surface area (Å²) in [5, 5.41) is 15.8. The van der Waals surface area contributed by atoms with Crippen LogP contribution in [0.1, 0.15) is 6.92 Å². The molecule has 0 amide bonds. The summed E-state index contributed by atoms with van der Waals surface area (Å²) in [6, 6.07) is 0. The predicted octanol–water partition coefficient (Wildman–Crippen LogP) is -5.14. The number of aliphatic hydroxyl groups excluding tert-OH is 1. The molecular weight excluding hydrogens is 339 g/mol. The zero-order valence-electron chi connectivity index (χ0n) is 5.58. The summed E-state index contributed by atoms with van der Waals surface area (Å²) in [7, 11) is -4.64. The maximum absolute atomic E-state index is 9.45. The molecule has 0 aliphatic carbocycles. The van der Waals surface area contributed by atoms with Gasteiger partial charge in [0.1, 0.15) is 6.10 Å². The normalized spacial score (nSPS) is 9.40. The van der Waals surface area contributed by atoms with E-state index >= 15 is 0 Å². The third kappa shape index (κ3) is 69.4. The molecule has 15 heavy (non-hydrogen) atoms. The van der Waals surface area contributed by atoms with Gasteiger partial charge in [0.25, 0.3) is 0 Å². The Kier molecular flexibility index (Phi) is 51.0. The molecule has 7 nitrogen and oxygen atoms in total. The molecule has 0 spiro atoms. The molecule has 1 unspecified atom stereocenters. The second kappa shape index (κ2) is 20.9. The number of phosphoric acid groups is 1. The van der Waals surface area contributed by atoms with Crippen molar-refractivity contribution in [2.75, 3.05) is 0 Å². The van der Waals surface area contributed by atoms with E-state index in [9.17, 15) is 4.79 Å². The van der Waals surface area contributed by atoms with Crippen LogP contribution in [-0.4, -0.2) is 188 Å². The summed E-state index contributed by atoms with van der Waals surface area (Å²) in [5.74, 6) is -1.19. The second-order valence-electron chi connectivity index (χ2n) is 1.53. The van der Waals surface area contributed by atoms with Crippen molar-refractivity contribution in [3.8, 4) is 0 Å². The fourth-order valence-corrected chi connectivity index (χ4v) is 0. The number of hydrogen-bond acceptors (Lipinski definition) is 3. The van der Waals surface area contributed by atoms with Gasteiger partial charge in [-0.05, 0) is 6.92 Å². The zero-order chi connectivity index (χ0) is 9.65. The summed E-state index contributed by atoms with van der Waals surface area (Å²) < 4.78 is 8.88. The van der Waals surface area contributed by atoms with Crippen molar-refractivity contribution < 1.29 is 34.3 Å². The molecule has 0 saturated carbocycles. The first-order valence-corrected chi connectivity index (χ1v) is 3.90. The molecule has 0 heterocycles. The number of aliphatic hydroxyl groups is 1. The van der Waals surface area contributed by atoms with Crippen molar-refractivity contribution >= 4 is 165 Å². The van der Waals surface area contributed by atoms with Crippen molar-refractivity contribution in [1.82, 2.24) is 0 Å². The van der Waals surface area contributed by atoms with Gasteiger partial charge in [0, 0.05) is 0 Å². The van der Waals surface area contributed by atoms with Crippen LogP contribution in [-0.2, 0) is 9.36 Å². The average molecular weight is 356 g/mol. The van der Waals surface area contributed by atoms with Crippen molar-refractivity contribution in [3.63, 3.8) is 0 Å². The fraction of sp³-hybridized carbons (Fsp3) is 0.667. The number of rotatable bonds is 1. The molecule has 84 valence electrons. The molecule has 0 aromatic rings. The van der Waals surface area contributed by atoms with Gasteiger partial charge < -0.3 is 24.9 Å². The van der Waals surface area contributed by atoms with E-state index in [1.54, 1.807) is 0 Å². The Bertz CT molecular complexity index is 161.